The first-order chi connectivity index (χ1) is 19.9. The summed E-state index contributed by atoms with van der Waals surface area (Å²) in [5.41, 5.74) is 7.03. The normalized spacial score (nSPS) is 14.6. The summed E-state index contributed by atoms with van der Waals surface area (Å²) in [5.74, 6) is -0.396. The molecule has 3 aromatic carbocycles. The zero-order valence-electron chi connectivity index (χ0n) is 22.8. The minimum absolute atomic E-state index is 0.0615. The summed E-state index contributed by atoms with van der Waals surface area (Å²) < 4.78 is 5.90. The van der Waals surface area contributed by atoms with E-state index in [9.17, 15) is 14.7 Å². The Kier molecular flexibility index (Phi) is 7.25. The summed E-state index contributed by atoms with van der Waals surface area (Å²) >= 11 is 1.55. The highest BCUT2D eigenvalue weighted by Crippen LogP contribution is 2.33. The number of rotatable bonds is 6. The number of likely N-dealkylation sites (N-methyl/N-ethyl adjacent to an activating group) is 1. The topological polar surface area (TPSA) is 111 Å². The van der Waals surface area contributed by atoms with Crippen LogP contribution in [0, 0.1) is 0 Å². The van der Waals surface area contributed by atoms with Crippen LogP contribution in [0.2, 0.25) is 0 Å². The van der Waals surface area contributed by atoms with Gasteiger partial charge in [-0.05, 0) is 49.0 Å². The number of benzene rings is 3. The lowest BCUT2D eigenvalue weighted by atomic mass is 9.99. The number of hydrogen-bond acceptors (Lipinski definition) is 8. The Morgan fingerprint density at radius 1 is 1.02 bits per heavy atom. The zero-order chi connectivity index (χ0) is 28.5. The standard InChI is InChI=1S/C31H29N5O4S/c1-35-11-13-36(14-12-35)27(37)15-19-3-7-22(8-4-19)33-29(20-6-10-26-25(16-20)32-18-41-26)28-23-9-5-21(31(39)40-2)17-24(23)34-30(28)38/h3-10,16-18,34,38H,11-15H2,1-2H3. The van der Waals surface area contributed by atoms with Gasteiger partial charge in [0.2, 0.25) is 5.91 Å². The molecule has 0 saturated carbocycles. The van der Waals surface area contributed by atoms with Crippen molar-refractivity contribution in [2.75, 3.05) is 40.3 Å². The van der Waals surface area contributed by atoms with E-state index in [2.05, 4.69) is 21.9 Å². The van der Waals surface area contributed by atoms with E-state index in [1.165, 1.54) is 7.11 Å². The number of amides is 1. The fraction of sp³-hybridized carbons (Fsp3) is 0.226. The number of H-pyrrole nitrogens is 1. The van der Waals surface area contributed by atoms with Gasteiger partial charge in [-0.15, -0.1) is 11.3 Å². The number of thiazole rings is 1. The highest BCUT2D eigenvalue weighted by molar-refractivity contribution is 7.16. The van der Waals surface area contributed by atoms with E-state index in [1.807, 2.05) is 47.4 Å². The lowest BCUT2D eigenvalue weighted by molar-refractivity contribution is -0.132. The van der Waals surface area contributed by atoms with E-state index in [-0.39, 0.29) is 11.8 Å². The Hall–Kier alpha value is -4.54. The van der Waals surface area contributed by atoms with Crippen LogP contribution in [0.1, 0.15) is 27.0 Å². The molecule has 41 heavy (non-hydrogen) atoms. The fourth-order valence-corrected chi connectivity index (χ4v) is 5.76. The van der Waals surface area contributed by atoms with E-state index in [0.717, 1.165) is 47.5 Å². The molecule has 208 valence electrons. The van der Waals surface area contributed by atoms with Gasteiger partial charge in [0.1, 0.15) is 0 Å². The van der Waals surface area contributed by atoms with Gasteiger partial charge in [-0.25, -0.2) is 14.8 Å². The van der Waals surface area contributed by atoms with Crippen LogP contribution in [-0.2, 0) is 16.0 Å². The van der Waals surface area contributed by atoms with Crippen molar-refractivity contribution in [3.05, 3.63) is 88.4 Å². The molecule has 3 heterocycles. The average molecular weight is 568 g/mol. The molecule has 1 saturated heterocycles. The Morgan fingerprint density at radius 2 is 1.78 bits per heavy atom. The minimum atomic E-state index is -0.461. The molecule has 0 radical (unpaired) electrons. The van der Waals surface area contributed by atoms with Gasteiger partial charge >= 0.3 is 5.97 Å². The number of carbonyl (C=O) groups excluding carboxylic acids is 2. The highest BCUT2D eigenvalue weighted by atomic mass is 32.1. The van der Waals surface area contributed by atoms with Crippen LogP contribution in [0.15, 0.2) is 71.2 Å². The Balaban J connectivity index is 1.37. The van der Waals surface area contributed by atoms with Gasteiger partial charge in [0, 0.05) is 42.6 Å². The third-order valence-corrected chi connectivity index (χ3v) is 8.24. The van der Waals surface area contributed by atoms with Gasteiger partial charge in [-0.2, -0.15) is 0 Å². The monoisotopic (exact) mass is 567 g/mol. The molecule has 5 aromatic rings. The number of nitrogens with one attached hydrogen (secondary N) is 1. The SMILES string of the molecule is COC(=O)c1ccc2c(C(=Nc3ccc(CC(=O)N4CCN(C)CC4)cc3)c3ccc4scnc4c3)c(O)[nH]c2c1. The number of aromatic amines is 1. The lowest BCUT2D eigenvalue weighted by Crippen LogP contribution is -2.47. The third kappa shape index (κ3) is 5.44. The Labute approximate surface area is 240 Å². The Bertz CT molecular complexity index is 1780. The molecule has 1 aliphatic heterocycles. The van der Waals surface area contributed by atoms with Crippen LogP contribution in [0.4, 0.5) is 5.69 Å². The van der Waals surface area contributed by atoms with Crippen molar-refractivity contribution < 1.29 is 19.4 Å². The van der Waals surface area contributed by atoms with Crippen molar-refractivity contribution in [1.29, 1.82) is 0 Å². The number of methoxy groups -OCH3 is 1. The fourth-order valence-electron chi connectivity index (χ4n) is 5.10. The van der Waals surface area contributed by atoms with Gasteiger partial charge < -0.3 is 24.6 Å². The summed E-state index contributed by atoms with van der Waals surface area (Å²) in [6.07, 6.45) is 0.340. The van der Waals surface area contributed by atoms with Crippen LogP contribution >= 0.6 is 11.3 Å². The number of fused-ring (bicyclic) bond motifs is 2. The largest absolute Gasteiger partial charge is 0.494 e. The average Bonchev–Trinajstić information content (AvgIpc) is 3.59. The van der Waals surface area contributed by atoms with Gasteiger partial charge in [0.05, 0.1) is 51.8 Å². The summed E-state index contributed by atoms with van der Waals surface area (Å²) in [5, 5.41) is 11.8. The van der Waals surface area contributed by atoms with Crippen molar-refractivity contribution >= 4 is 55.7 Å². The van der Waals surface area contributed by atoms with Crippen LogP contribution in [-0.4, -0.2) is 82.8 Å². The smallest absolute Gasteiger partial charge is 0.337 e. The van der Waals surface area contributed by atoms with E-state index in [0.29, 0.717) is 39.8 Å². The molecule has 0 bridgehead atoms. The first-order valence-corrected chi connectivity index (χ1v) is 14.2. The number of ether oxygens (including phenoxy) is 1. The van der Waals surface area contributed by atoms with Crippen LogP contribution in [0.25, 0.3) is 21.1 Å². The van der Waals surface area contributed by atoms with E-state index in [1.54, 1.807) is 35.0 Å². The maximum absolute atomic E-state index is 12.8. The van der Waals surface area contributed by atoms with Crippen LogP contribution in [0.5, 0.6) is 5.88 Å². The quantitative estimate of drug-likeness (QED) is 0.226. The second-order valence-corrected chi connectivity index (χ2v) is 11.0. The number of nitrogens with zero attached hydrogens (tertiary/aromatic N) is 4. The number of hydrogen-bond donors (Lipinski definition) is 2. The van der Waals surface area contributed by atoms with Gasteiger partial charge in [0.25, 0.3) is 0 Å². The molecule has 2 N–H and O–H groups in total. The van der Waals surface area contributed by atoms with Gasteiger partial charge in [-0.1, -0.05) is 24.3 Å². The number of piperazine rings is 1. The van der Waals surface area contributed by atoms with E-state index >= 15 is 0 Å². The molecular weight excluding hydrogens is 538 g/mol. The molecule has 1 aliphatic rings. The molecule has 0 aliphatic carbocycles. The maximum Gasteiger partial charge on any atom is 0.337 e. The molecule has 1 fully saturated rings. The minimum Gasteiger partial charge on any atom is -0.494 e. The number of aromatic hydroxyl groups is 1. The lowest BCUT2D eigenvalue weighted by Gasteiger charge is -2.32. The predicted octanol–water partition coefficient (Wildman–Crippen LogP) is 4.76. The van der Waals surface area contributed by atoms with Gasteiger partial charge in [0.15, 0.2) is 5.88 Å². The number of aliphatic imine (C=N–C) groups is 1. The molecule has 1 amide bonds. The molecule has 0 unspecified atom stereocenters. The van der Waals surface area contributed by atoms with Crippen molar-refractivity contribution in [2.45, 2.75) is 6.42 Å². The number of esters is 1. The van der Waals surface area contributed by atoms with Gasteiger partial charge in [-0.3, -0.25) is 4.79 Å². The third-order valence-electron chi connectivity index (χ3n) is 7.43. The Morgan fingerprint density at radius 3 is 2.54 bits per heavy atom. The molecule has 0 spiro atoms. The molecule has 6 rings (SSSR count). The molecule has 0 atom stereocenters. The summed E-state index contributed by atoms with van der Waals surface area (Å²) in [6, 6.07) is 18.6. The van der Waals surface area contributed by atoms with Crippen molar-refractivity contribution in [2.24, 2.45) is 4.99 Å². The summed E-state index contributed by atoms with van der Waals surface area (Å²) in [4.78, 5) is 41.5. The molecule has 9 nitrogen and oxygen atoms in total. The first kappa shape index (κ1) is 26.7. The second-order valence-electron chi connectivity index (χ2n) is 10.1. The second kappa shape index (κ2) is 11.1. The van der Waals surface area contributed by atoms with Crippen molar-refractivity contribution in [1.82, 2.24) is 19.8 Å². The molecule has 10 heteroatoms. The maximum atomic E-state index is 12.8. The predicted molar refractivity (Wildman–Crippen MR) is 160 cm³/mol. The van der Waals surface area contributed by atoms with E-state index in [4.69, 9.17) is 9.73 Å². The highest BCUT2D eigenvalue weighted by Gasteiger charge is 2.22. The summed E-state index contributed by atoms with van der Waals surface area (Å²) in [6.45, 7) is 3.28. The first-order valence-electron chi connectivity index (χ1n) is 13.3. The molecular formula is C31H29N5O4S. The van der Waals surface area contributed by atoms with E-state index < -0.39 is 5.97 Å². The van der Waals surface area contributed by atoms with Crippen molar-refractivity contribution in [3.8, 4) is 5.88 Å². The zero-order valence-corrected chi connectivity index (χ0v) is 23.6. The van der Waals surface area contributed by atoms with Crippen LogP contribution < -0.4 is 0 Å². The van der Waals surface area contributed by atoms with Crippen LogP contribution in [0.3, 0.4) is 0 Å². The number of carbonyl (C=O) groups is 2. The number of aromatic nitrogens is 2. The van der Waals surface area contributed by atoms with Crippen molar-refractivity contribution in [3.63, 3.8) is 0 Å². The molecule has 2 aromatic heterocycles. The summed E-state index contributed by atoms with van der Waals surface area (Å²) in [7, 11) is 3.40.